The van der Waals surface area contributed by atoms with Gasteiger partial charge in [0.05, 0.1) is 11.8 Å². The summed E-state index contributed by atoms with van der Waals surface area (Å²) in [4.78, 5) is 37.3. The lowest BCUT2D eigenvalue weighted by Crippen LogP contribution is -2.37. The lowest BCUT2D eigenvalue weighted by atomic mass is 9.86. The van der Waals surface area contributed by atoms with Gasteiger partial charge in [0.15, 0.2) is 0 Å². The number of aromatic nitrogens is 2. The summed E-state index contributed by atoms with van der Waals surface area (Å²) in [5.41, 5.74) is -1.03. The molecule has 2 saturated heterocycles. The molecule has 4 heterocycles. The van der Waals surface area contributed by atoms with Crippen LogP contribution in [0.3, 0.4) is 0 Å². The van der Waals surface area contributed by atoms with E-state index in [2.05, 4.69) is 9.97 Å². The lowest BCUT2D eigenvalue weighted by molar-refractivity contribution is -0.126. The van der Waals surface area contributed by atoms with Crippen LogP contribution in [0.25, 0.3) is 10.2 Å². The monoisotopic (exact) mass is 456 g/mol. The van der Waals surface area contributed by atoms with Crippen molar-refractivity contribution in [1.29, 1.82) is 0 Å². The van der Waals surface area contributed by atoms with Gasteiger partial charge in [-0.25, -0.2) is 14.8 Å². The van der Waals surface area contributed by atoms with Gasteiger partial charge in [0.1, 0.15) is 22.6 Å². The molecular formula is C20H23F3N4O3S. The van der Waals surface area contributed by atoms with Gasteiger partial charge in [-0.15, -0.1) is 11.3 Å². The molecule has 7 nitrogen and oxygen atoms in total. The van der Waals surface area contributed by atoms with Crippen molar-refractivity contribution in [2.24, 2.45) is 5.41 Å². The summed E-state index contributed by atoms with van der Waals surface area (Å²) in [5.74, 6) is 0.168. The van der Waals surface area contributed by atoms with Crippen molar-refractivity contribution in [2.75, 3.05) is 24.5 Å². The van der Waals surface area contributed by atoms with Crippen LogP contribution < -0.4 is 4.90 Å². The minimum Gasteiger partial charge on any atom is -0.444 e. The number of hydrogen-bond donors (Lipinski definition) is 0. The van der Waals surface area contributed by atoms with Crippen molar-refractivity contribution < 1.29 is 27.5 Å². The van der Waals surface area contributed by atoms with Gasteiger partial charge in [-0.2, -0.15) is 13.2 Å². The molecule has 1 unspecified atom stereocenters. The number of nitrogens with zero attached hydrogens (tertiary/aromatic N) is 4. The number of anilines is 1. The predicted octanol–water partition coefficient (Wildman–Crippen LogP) is 4.16. The highest BCUT2D eigenvalue weighted by molar-refractivity contribution is 7.18. The van der Waals surface area contributed by atoms with Gasteiger partial charge in [-0.1, -0.05) is 0 Å². The molecular weight excluding hydrogens is 433 g/mol. The van der Waals surface area contributed by atoms with Crippen LogP contribution in [0.2, 0.25) is 0 Å². The molecule has 4 rings (SSSR count). The maximum atomic E-state index is 12.9. The quantitative estimate of drug-likeness (QED) is 0.678. The zero-order chi connectivity index (χ0) is 22.6. The molecule has 2 amide bonds. The number of halogens is 3. The van der Waals surface area contributed by atoms with Gasteiger partial charge < -0.3 is 9.64 Å². The third-order valence-electron chi connectivity index (χ3n) is 5.40. The Morgan fingerprint density at radius 2 is 2.00 bits per heavy atom. The standard InChI is InChI=1S/C20H23F3N4O3S/c1-18(2,3)30-17(29)26-5-4-19(9-26)8-14(28)27(10-19)15-13-6-12(7-20(21,22)23)31-16(13)25-11-24-15/h6,11H,4-5,7-10H2,1-3H3. The number of alkyl halides is 3. The highest BCUT2D eigenvalue weighted by Gasteiger charge is 2.50. The Labute approximate surface area is 181 Å². The molecule has 168 valence electrons. The first-order valence-electron chi connectivity index (χ1n) is 9.93. The van der Waals surface area contributed by atoms with Gasteiger partial charge in [0.25, 0.3) is 0 Å². The molecule has 0 N–H and O–H groups in total. The van der Waals surface area contributed by atoms with Crippen LogP contribution in [0.5, 0.6) is 0 Å². The lowest BCUT2D eigenvalue weighted by Gasteiger charge is -2.26. The molecule has 11 heteroatoms. The van der Waals surface area contributed by atoms with Crippen molar-refractivity contribution in [3.8, 4) is 0 Å². The third-order valence-corrected chi connectivity index (χ3v) is 6.44. The van der Waals surface area contributed by atoms with E-state index in [-0.39, 0.29) is 17.2 Å². The molecule has 0 radical (unpaired) electrons. The smallest absolute Gasteiger partial charge is 0.410 e. The summed E-state index contributed by atoms with van der Waals surface area (Å²) in [5, 5.41) is 0.444. The van der Waals surface area contributed by atoms with Crippen molar-refractivity contribution >= 4 is 39.4 Å². The van der Waals surface area contributed by atoms with Gasteiger partial charge in [0, 0.05) is 36.3 Å². The molecule has 1 spiro atoms. The molecule has 2 fully saturated rings. The Balaban J connectivity index is 1.55. The van der Waals surface area contributed by atoms with Crippen LogP contribution in [0.1, 0.15) is 38.5 Å². The Hall–Kier alpha value is -2.43. The van der Waals surface area contributed by atoms with Crippen LogP contribution in [0.15, 0.2) is 12.4 Å². The number of carbonyl (C=O) groups is 2. The average Bonchev–Trinajstić information content (AvgIpc) is 3.28. The van der Waals surface area contributed by atoms with Gasteiger partial charge in [-0.05, 0) is 33.3 Å². The maximum absolute atomic E-state index is 12.9. The first-order valence-corrected chi connectivity index (χ1v) is 10.7. The zero-order valence-electron chi connectivity index (χ0n) is 17.5. The Bertz CT molecular complexity index is 1030. The fourth-order valence-electron chi connectivity index (χ4n) is 4.17. The van der Waals surface area contributed by atoms with Crippen molar-refractivity contribution in [1.82, 2.24) is 14.9 Å². The Morgan fingerprint density at radius 3 is 2.68 bits per heavy atom. The number of hydrogen-bond acceptors (Lipinski definition) is 6. The summed E-state index contributed by atoms with van der Waals surface area (Å²) < 4.78 is 43.8. The van der Waals surface area contributed by atoms with Crippen LogP contribution in [-0.2, 0) is 16.0 Å². The summed E-state index contributed by atoms with van der Waals surface area (Å²) in [6.07, 6.45) is -3.61. The van der Waals surface area contributed by atoms with E-state index in [1.54, 1.807) is 25.7 Å². The topological polar surface area (TPSA) is 75.6 Å². The minimum absolute atomic E-state index is 0.127. The largest absolute Gasteiger partial charge is 0.444 e. The van der Waals surface area contributed by atoms with Crippen LogP contribution in [0, 0.1) is 5.41 Å². The molecule has 2 aromatic rings. The summed E-state index contributed by atoms with van der Waals surface area (Å²) in [6, 6.07) is 1.42. The second-order valence-electron chi connectivity index (χ2n) is 9.23. The Morgan fingerprint density at radius 1 is 1.26 bits per heavy atom. The minimum atomic E-state index is -4.32. The van der Waals surface area contributed by atoms with Gasteiger partial charge in [0.2, 0.25) is 5.91 Å². The predicted molar refractivity (Wildman–Crippen MR) is 109 cm³/mol. The van der Waals surface area contributed by atoms with E-state index < -0.39 is 29.7 Å². The highest BCUT2D eigenvalue weighted by Crippen LogP contribution is 2.43. The van der Waals surface area contributed by atoms with Crippen molar-refractivity contribution in [3.05, 3.63) is 17.3 Å². The van der Waals surface area contributed by atoms with Crippen LogP contribution in [-0.4, -0.2) is 58.3 Å². The number of ether oxygens (including phenoxy) is 1. The average molecular weight is 456 g/mol. The molecule has 2 aromatic heterocycles. The first-order chi connectivity index (χ1) is 14.3. The van der Waals surface area contributed by atoms with E-state index in [0.29, 0.717) is 42.1 Å². The van der Waals surface area contributed by atoms with Gasteiger partial charge >= 0.3 is 12.3 Å². The van der Waals surface area contributed by atoms with E-state index in [1.807, 2.05) is 0 Å². The molecule has 1 atom stereocenters. The molecule has 2 aliphatic heterocycles. The summed E-state index contributed by atoms with van der Waals surface area (Å²) in [6.45, 7) is 6.62. The molecule has 2 aliphatic rings. The van der Waals surface area contributed by atoms with E-state index in [9.17, 15) is 22.8 Å². The first kappa shape index (κ1) is 21.8. The van der Waals surface area contributed by atoms with E-state index in [0.717, 1.165) is 11.3 Å². The fourth-order valence-corrected chi connectivity index (χ4v) is 5.19. The second kappa shape index (κ2) is 7.32. The number of fused-ring (bicyclic) bond motifs is 1. The summed E-state index contributed by atoms with van der Waals surface area (Å²) >= 11 is 0.953. The molecule has 0 aromatic carbocycles. The zero-order valence-corrected chi connectivity index (χ0v) is 18.3. The number of thiophene rings is 1. The molecule has 0 bridgehead atoms. The van der Waals surface area contributed by atoms with Crippen molar-refractivity contribution in [2.45, 2.75) is 51.8 Å². The fraction of sp³-hybridized carbons (Fsp3) is 0.600. The van der Waals surface area contributed by atoms with Crippen molar-refractivity contribution in [3.63, 3.8) is 0 Å². The highest BCUT2D eigenvalue weighted by atomic mass is 32.1. The normalized spacial score (nSPS) is 22.2. The van der Waals surface area contributed by atoms with E-state index >= 15 is 0 Å². The molecule has 0 saturated carbocycles. The summed E-state index contributed by atoms with van der Waals surface area (Å²) in [7, 11) is 0. The second-order valence-corrected chi connectivity index (χ2v) is 10.3. The number of rotatable bonds is 2. The number of carbonyl (C=O) groups excluding carboxylic acids is 2. The molecule has 0 aliphatic carbocycles. The van der Waals surface area contributed by atoms with Gasteiger partial charge in [-0.3, -0.25) is 9.69 Å². The third kappa shape index (κ3) is 4.60. The van der Waals surface area contributed by atoms with E-state index in [1.165, 1.54) is 17.3 Å². The maximum Gasteiger partial charge on any atom is 0.410 e. The SMILES string of the molecule is CC(C)(C)OC(=O)N1CCC2(CC(=O)N(c3ncnc4sc(CC(F)(F)F)cc34)C2)C1. The van der Waals surface area contributed by atoms with E-state index in [4.69, 9.17) is 4.74 Å². The molecule has 31 heavy (non-hydrogen) atoms. The van der Waals surface area contributed by atoms with Crippen LogP contribution in [0.4, 0.5) is 23.8 Å². The number of likely N-dealkylation sites (tertiary alicyclic amines) is 1. The number of amides is 2. The Kier molecular flexibility index (Phi) is 5.14. The van der Waals surface area contributed by atoms with Crippen LogP contribution >= 0.6 is 11.3 Å².